The van der Waals surface area contributed by atoms with Gasteiger partial charge < -0.3 is 10.3 Å². The van der Waals surface area contributed by atoms with E-state index in [1.807, 2.05) is 61.5 Å². The molecule has 3 rings (SSSR count). The van der Waals surface area contributed by atoms with Gasteiger partial charge in [-0.1, -0.05) is 60.2 Å². The number of ketones is 1. The Labute approximate surface area is 122 Å². The highest BCUT2D eigenvalue weighted by Gasteiger charge is 2.64. The molecule has 4 heteroatoms. The van der Waals surface area contributed by atoms with E-state index in [1.165, 1.54) is 0 Å². The van der Waals surface area contributed by atoms with Gasteiger partial charge in [0.2, 0.25) is 0 Å². The summed E-state index contributed by atoms with van der Waals surface area (Å²) >= 11 is 0. The number of carbonyl (C=O) groups excluding carboxylic acids is 1. The third-order valence-electron chi connectivity index (χ3n) is 3.74. The van der Waals surface area contributed by atoms with Crippen molar-refractivity contribution < 1.29 is 14.3 Å². The highest BCUT2D eigenvalue weighted by atomic mass is 16.6. The minimum atomic E-state index is -1.08. The minimum absolute atomic E-state index is 0.356. The Morgan fingerprint density at radius 1 is 1.19 bits per heavy atom. The third kappa shape index (κ3) is 2.21. The molecule has 4 nitrogen and oxygen atoms in total. The van der Waals surface area contributed by atoms with Crippen LogP contribution in [-0.4, -0.2) is 16.8 Å². The fraction of sp³-hybridized carbons (Fsp3) is 0.176. The molecule has 1 aliphatic heterocycles. The molecule has 0 saturated carbocycles. The molecule has 0 bridgehead atoms. The molecule has 2 atom stereocenters. The molecule has 0 spiro atoms. The quantitative estimate of drug-likeness (QED) is 0.373. The number of benzene rings is 2. The molecule has 21 heavy (non-hydrogen) atoms. The zero-order chi connectivity index (χ0) is 14.9. The van der Waals surface area contributed by atoms with E-state index in [-0.39, 0.29) is 11.9 Å². The van der Waals surface area contributed by atoms with Crippen molar-refractivity contribution in [2.24, 2.45) is 0 Å². The summed E-state index contributed by atoms with van der Waals surface area (Å²) in [6.07, 6.45) is 0.548. The summed E-state index contributed by atoms with van der Waals surface area (Å²) in [5.74, 6) is -0.359. The lowest BCUT2D eigenvalue weighted by Crippen LogP contribution is -2.24. The first-order valence-electron chi connectivity index (χ1n) is 6.70. The van der Waals surface area contributed by atoms with Gasteiger partial charge in [0, 0.05) is 0 Å². The van der Waals surface area contributed by atoms with Crippen LogP contribution >= 0.6 is 0 Å². The number of hydrogen-bond donors (Lipinski definition) is 0. The molecule has 0 amide bonds. The predicted molar refractivity (Wildman–Crippen MR) is 77.8 cm³/mol. The first kappa shape index (κ1) is 13.4. The molecular weight excluding hydrogens is 264 g/mol. The molecular formula is C17H14N2O2. The van der Waals surface area contributed by atoms with Crippen LogP contribution in [-0.2, 0) is 15.1 Å². The summed E-state index contributed by atoms with van der Waals surface area (Å²) in [5.41, 5.74) is 10.4. The molecule has 0 N–H and O–H groups in total. The zero-order valence-electron chi connectivity index (χ0n) is 11.6. The van der Waals surface area contributed by atoms with Gasteiger partial charge in [-0.2, -0.15) is 4.79 Å². The summed E-state index contributed by atoms with van der Waals surface area (Å²) in [6, 6.07) is 17.2. The fourth-order valence-electron chi connectivity index (χ4n) is 2.58. The van der Waals surface area contributed by atoms with Crippen LogP contribution in [0.1, 0.15) is 22.8 Å². The fourth-order valence-corrected chi connectivity index (χ4v) is 2.58. The van der Waals surface area contributed by atoms with Gasteiger partial charge in [0.15, 0.2) is 5.60 Å². The van der Waals surface area contributed by atoms with Crippen molar-refractivity contribution in [3.05, 3.63) is 76.8 Å². The van der Waals surface area contributed by atoms with Crippen LogP contribution in [0.25, 0.3) is 5.53 Å². The van der Waals surface area contributed by atoms with E-state index in [0.717, 1.165) is 22.9 Å². The number of hydrogen-bond acceptors (Lipinski definition) is 2. The van der Waals surface area contributed by atoms with Crippen molar-refractivity contribution in [1.29, 1.82) is 0 Å². The number of epoxide rings is 1. The second-order valence-corrected chi connectivity index (χ2v) is 5.12. The average molecular weight is 278 g/mol. The molecule has 1 saturated heterocycles. The summed E-state index contributed by atoms with van der Waals surface area (Å²) in [6.45, 7) is 2.01. The van der Waals surface area contributed by atoms with Crippen molar-refractivity contribution in [3.8, 4) is 0 Å². The Kier molecular flexibility index (Phi) is 3.26. The van der Waals surface area contributed by atoms with E-state index < -0.39 is 5.60 Å². The monoisotopic (exact) mass is 278 g/mol. The number of Topliss-reactive ketones (excluding diaryl/α,β-unsaturated/α-hetero) is 1. The molecule has 104 valence electrons. The lowest BCUT2D eigenvalue weighted by atomic mass is 9.88. The molecule has 2 aromatic rings. The zero-order valence-corrected chi connectivity index (χ0v) is 11.6. The number of nitrogens with zero attached hydrogens (tertiary/aromatic N) is 2. The summed E-state index contributed by atoms with van der Waals surface area (Å²) in [7, 11) is 0. The Bertz CT molecular complexity index is 718. The number of carbonyl (C=O) groups is 1. The summed E-state index contributed by atoms with van der Waals surface area (Å²) < 4.78 is 5.78. The highest BCUT2D eigenvalue weighted by molar-refractivity contribution is 6.30. The van der Waals surface area contributed by atoms with Crippen LogP contribution in [0.4, 0.5) is 0 Å². The molecule has 1 fully saturated rings. The second-order valence-electron chi connectivity index (χ2n) is 5.12. The lowest BCUT2D eigenvalue weighted by Gasteiger charge is -2.08. The maximum absolute atomic E-state index is 12.3. The van der Waals surface area contributed by atoms with Crippen LogP contribution in [0, 0.1) is 6.92 Å². The summed E-state index contributed by atoms with van der Waals surface area (Å²) in [4.78, 5) is 15.2. The van der Waals surface area contributed by atoms with Gasteiger partial charge in [-0.05, 0) is 18.1 Å². The standard InChI is InChI=1S/C17H14N2O2/c1-12-7-9-13(10-8-12)16-17(21-16,15(20)11-19-18)14-5-3-2-4-6-14/h2-11,16H,1H3. The Morgan fingerprint density at radius 2 is 1.86 bits per heavy atom. The van der Waals surface area contributed by atoms with E-state index in [0.29, 0.717) is 0 Å². The predicted octanol–water partition coefficient (Wildman–Crippen LogP) is 2.83. The van der Waals surface area contributed by atoms with Gasteiger partial charge in [-0.3, -0.25) is 4.79 Å². The van der Waals surface area contributed by atoms with Crippen LogP contribution in [0.15, 0.2) is 54.6 Å². The number of ether oxygens (including phenoxy) is 1. The molecule has 0 aliphatic carbocycles. The number of rotatable bonds is 4. The molecule has 1 aliphatic rings. The summed E-state index contributed by atoms with van der Waals surface area (Å²) in [5, 5.41) is 0. The SMILES string of the molecule is Cc1ccc(C2OC2(C(=O)C=[N+]=[N-])c2ccccc2)cc1. The highest BCUT2D eigenvalue weighted by Crippen LogP contribution is 2.57. The van der Waals surface area contributed by atoms with E-state index >= 15 is 0 Å². The molecule has 2 aromatic carbocycles. The van der Waals surface area contributed by atoms with Gasteiger partial charge in [0.05, 0.1) is 0 Å². The topological polar surface area (TPSA) is 66.0 Å². The first-order valence-corrected chi connectivity index (χ1v) is 6.70. The normalized spacial score (nSPS) is 23.2. The van der Waals surface area contributed by atoms with E-state index in [4.69, 9.17) is 10.3 Å². The first-order chi connectivity index (χ1) is 10.2. The van der Waals surface area contributed by atoms with Gasteiger partial charge in [0.1, 0.15) is 6.10 Å². The van der Waals surface area contributed by atoms with Crippen molar-refractivity contribution >= 4 is 12.0 Å². The van der Waals surface area contributed by atoms with Gasteiger partial charge >= 0.3 is 6.21 Å². The molecule has 2 unspecified atom stereocenters. The van der Waals surface area contributed by atoms with Crippen molar-refractivity contribution in [1.82, 2.24) is 0 Å². The Balaban J connectivity index is 2.03. The molecule has 0 aromatic heterocycles. The molecule has 1 heterocycles. The van der Waals surface area contributed by atoms with Gasteiger partial charge in [-0.15, -0.1) is 0 Å². The smallest absolute Gasteiger partial charge is 0.326 e. The maximum Gasteiger partial charge on any atom is 0.326 e. The second kappa shape index (κ2) is 5.09. The van der Waals surface area contributed by atoms with Crippen LogP contribution in [0.3, 0.4) is 0 Å². The van der Waals surface area contributed by atoms with Crippen LogP contribution in [0.5, 0.6) is 0 Å². The van der Waals surface area contributed by atoms with Gasteiger partial charge in [0.25, 0.3) is 5.78 Å². The maximum atomic E-state index is 12.3. The van der Waals surface area contributed by atoms with Crippen LogP contribution < -0.4 is 0 Å². The number of aryl methyl sites for hydroxylation is 1. The van der Waals surface area contributed by atoms with Gasteiger partial charge in [-0.25, -0.2) is 0 Å². The largest absolute Gasteiger partial charge is 0.361 e. The van der Waals surface area contributed by atoms with E-state index in [1.54, 1.807) is 0 Å². The third-order valence-corrected chi connectivity index (χ3v) is 3.74. The van der Waals surface area contributed by atoms with Crippen LogP contribution in [0.2, 0.25) is 0 Å². The van der Waals surface area contributed by atoms with Crippen molar-refractivity contribution in [2.45, 2.75) is 18.6 Å². The van der Waals surface area contributed by atoms with Crippen molar-refractivity contribution in [3.63, 3.8) is 0 Å². The average Bonchev–Trinajstić information content (AvgIpc) is 3.26. The minimum Gasteiger partial charge on any atom is -0.361 e. The lowest BCUT2D eigenvalue weighted by molar-refractivity contribution is -0.121. The molecule has 0 radical (unpaired) electrons. The Morgan fingerprint density at radius 3 is 2.48 bits per heavy atom. The van der Waals surface area contributed by atoms with E-state index in [2.05, 4.69) is 4.79 Å². The van der Waals surface area contributed by atoms with E-state index in [9.17, 15) is 4.79 Å². The van der Waals surface area contributed by atoms with Crippen molar-refractivity contribution in [2.75, 3.05) is 0 Å². The Hall–Kier alpha value is -2.55.